The van der Waals surface area contributed by atoms with Crippen molar-refractivity contribution in [1.29, 1.82) is 0 Å². The number of nitrogens with one attached hydrogen (secondary N) is 1. The maximum atomic E-state index is 11.8. The summed E-state index contributed by atoms with van der Waals surface area (Å²) in [5.41, 5.74) is 3.51. The number of hydrazone groups is 1. The number of nitrogens with zero attached hydrogens (tertiary/aromatic N) is 1. The number of rotatable bonds is 19. The zero-order valence-electron chi connectivity index (χ0n) is 19.5. The van der Waals surface area contributed by atoms with E-state index in [1.807, 2.05) is 24.3 Å². The number of amides is 1. The second-order valence-corrected chi connectivity index (χ2v) is 8.27. The highest BCUT2D eigenvalue weighted by Gasteiger charge is 2.00. The van der Waals surface area contributed by atoms with Crippen molar-refractivity contribution in [2.75, 3.05) is 7.11 Å². The molecule has 1 aromatic rings. The van der Waals surface area contributed by atoms with Crippen LogP contribution >= 0.6 is 0 Å². The van der Waals surface area contributed by atoms with Crippen LogP contribution in [0.25, 0.3) is 0 Å². The molecule has 30 heavy (non-hydrogen) atoms. The van der Waals surface area contributed by atoms with Gasteiger partial charge in [-0.05, 0) is 24.1 Å². The SMILES string of the molecule is CCCCCCCCCCCCCCCCCC(=O)N/N=C/c1cccc(OC)c1. The highest BCUT2D eigenvalue weighted by atomic mass is 16.5. The Morgan fingerprint density at radius 3 is 1.93 bits per heavy atom. The second-order valence-electron chi connectivity index (χ2n) is 8.27. The zero-order valence-corrected chi connectivity index (χ0v) is 19.5. The van der Waals surface area contributed by atoms with E-state index >= 15 is 0 Å². The van der Waals surface area contributed by atoms with Gasteiger partial charge in [-0.3, -0.25) is 4.79 Å². The van der Waals surface area contributed by atoms with E-state index in [-0.39, 0.29) is 5.91 Å². The van der Waals surface area contributed by atoms with E-state index in [9.17, 15) is 4.79 Å². The summed E-state index contributed by atoms with van der Waals surface area (Å²) in [5, 5.41) is 4.03. The third-order valence-electron chi connectivity index (χ3n) is 5.50. The van der Waals surface area contributed by atoms with Crippen LogP contribution in [0, 0.1) is 0 Å². The highest BCUT2D eigenvalue weighted by Crippen LogP contribution is 2.14. The van der Waals surface area contributed by atoms with E-state index in [1.54, 1.807) is 13.3 Å². The average Bonchev–Trinajstić information content (AvgIpc) is 2.76. The van der Waals surface area contributed by atoms with Gasteiger partial charge in [-0.15, -0.1) is 0 Å². The molecule has 4 heteroatoms. The fourth-order valence-corrected chi connectivity index (χ4v) is 3.61. The lowest BCUT2D eigenvalue weighted by Gasteiger charge is -2.03. The summed E-state index contributed by atoms with van der Waals surface area (Å²) in [4.78, 5) is 11.8. The molecule has 1 N–H and O–H groups in total. The fraction of sp³-hybridized carbons (Fsp3) is 0.692. The predicted octanol–water partition coefficient (Wildman–Crippen LogP) is 7.41. The van der Waals surface area contributed by atoms with Crippen molar-refractivity contribution in [3.8, 4) is 5.75 Å². The molecule has 0 heterocycles. The lowest BCUT2D eigenvalue weighted by atomic mass is 10.0. The van der Waals surface area contributed by atoms with Gasteiger partial charge in [0.25, 0.3) is 0 Å². The number of hydrogen-bond donors (Lipinski definition) is 1. The fourth-order valence-electron chi connectivity index (χ4n) is 3.61. The van der Waals surface area contributed by atoms with Crippen molar-refractivity contribution in [3.05, 3.63) is 29.8 Å². The molecular weight excluding hydrogens is 372 g/mol. The van der Waals surface area contributed by atoms with Crippen molar-refractivity contribution < 1.29 is 9.53 Å². The zero-order chi connectivity index (χ0) is 21.7. The molecule has 0 spiro atoms. The number of benzene rings is 1. The van der Waals surface area contributed by atoms with Crippen LogP contribution in [0.1, 0.15) is 115 Å². The van der Waals surface area contributed by atoms with Gasteiger partial charge in [0, 0.05) is 6.42 Å². The van der Waals surface area contributed by atoms with Gasteiger partial charge in [0.1, 0.15) is 5.75 Å². The minimum Gasteiger partial charge on any atom is -0.497 e. The number of carbonyl (C=O) groups excluding carboxylic acids is 1. The summed E-state index contributed by atoms with van der Waals surface area (Å²) < 4.78 is 5.17. The van der Waals surface area contributed by atoms with E-state index in [1.165, 1.54) is 83.5 Å². The third kappa shape index (κ3) is 15.1. The normalized spacial score (nSPS) is 11.1. The van der Waals surface area contributed by atoms with Gasteiger partial charge in [-0.2, -0.15) is 5.10 Å². The van der Waals surface area contributed by atoms with Crippen LogP contribution in [0.2, 0.25) is 0 Å². The minimum atomic E-state index is -0.0103. The Hall–Kier alpha value is -1.84. The Kier molecular flexibility index (Phi) is 16.7. The first kappa shape index (κ1) is 26.2. The number of hydrogen-bond acceptors (Lipinski definition) is 3. The third-order valence-corrected chi connectivity index (χ3v) is 5.50. The number of unbranched alkanes of at least 4 members (excludes halogenated alkanes) is 14. The van der Waals surface area contributed by atoms with Crippen LogP contribution in [0.3, 0.4) is 0 Å². The quantitative estimate of drug-likeness (QED) is 0.145. The molecule has 0 aliphatic rings. The standard InChI is InChI=1S/C26H44N2O2/c1-3-4-5-6-7-8-9-10-11-12-13-14-15-16-17-21-26(29)28-27-23-24-19-18-20-25(22-24)30-2/h18-20,22-23H,3-17,21H2,1-2H3,(H,28,29)/b27-23+. The van der Waals surface area contributed by atoms with E-state index in [0.29, 0.717) is 6.42 Å². The minimum absolute atomic E-state index is 0.0103. The molecule has 1 aromatic carbocycles. The van der Waals surface area contributed by atoms with Gasteiger partial charge in [0.05, 0.1) is 13.3 Å². The second kappa shape index (κ2) is 19.1. The molecule has 0 fully saturated rings. The summed E-state index contributed by atoms with van der Waals surface area (Å²) in [7, 11) is 1.63. The van der Waals surface area contributed by atoms with Gasteiger partial charge in [-0.25, -0.2) is 5.43 Å². The van der Waals surface area contributed by atoms with E-state index in [4.69, 9.17) is 4.74 Å². The summed E-state index contributed by atoms with van der Waals surface area (Å²) in [5.74, 6) is 0.770. The molecule has 1 amide bonds. The molecule has 1 rings (SSSR count). The van der Waals surface area contributed by atoms with Crippen molar-refractivity contribution in [1.82, 2.24) is 5.43 Å². The molecule has 0 aliphatic heterocycles. The monoisotopic (exact) mass is 416 g/mol. The smallest absolute Gasteiger partial charge is 0.240 e. The average molecular weight is 417 g/mol. The molecule has 0 aromatic heterocycles. The topological polar surface area (TPSA) is 50.7 Å². The van der Waals surface area contributed by atoms with Crippen LogP contribution in [-0.2, 0) is 4.79 Å². The van der Waals surface area contributed by atoms with E-state index < -0.39 is 0 Å². The van der Waals surface area contributed by atoms with Crippen LogP contribution in [0.15, 0.2) is 29.4 Å². The summed E-state index contributed by atoms with van der Waals surface area (Å²) in [6.45, 7) is 2.28. The molecule has 170 valence electrons. The van der Waals surface area contributed by atoms with Gasteiger partial charge in [-0.1, -0.05) is 109 Å². The molecule has 0 aliphatic carbocycles. The maximum absolute atomic E-state index is 11.8. The lowest BCUT2D eigenvalue weighted by molar-refractivity contribution is -0.121. The Bertz CT molecular complexity index is 572. The van der Waals surface area contributed by atoms with Crippen LogP contribution in [0.5, 0.6) is 5.75 Å². The lowest BCUT2D eigenvalue weighted by Crippen LogP contribution is -2.16. The van der Waals surface area contributed by atoms with Crippen LogP contribution < -0.4 is 10.2 Å². The van der Waals surface area contributed by atoms with Gasteiger partial charge >= 0.3 is 0 Å². The molecule has 4 nitrogen and oxygen atoms in total. The molecular formula is C26H44N2O2. The van der Waals surface area contributed by atoms with Crippen LogP contribution in [0.4, 0.5) is 0 Å². The first-order chi connectivity index (χ1) is 14.8. The Balaban J connectivity index is 1.87. The van der Waals surface area contributed by atoms with Gasteiger partial charge in [0.15, 0.2) is 0 Å². The first-order valence-electron chi connectivity index (χ1n) is 12.2. The van der Waals surface area contributed by atoms with Crippen molar-refractivity contribution in [2.24, 2.45) is 5.10 Å². The molecule has 0 radical (unpaired) electrons. The molecule has 0 bridgehead atoms. The van der Waals surface area contributed by atoms with E-state index in [2.05, 4.69) is 17.5 Å². The van der Waals surface area contributed by atoms with Crippen molar-refractivity contribution in [3.63, 3.8) is 0 Å². The summed E-state index contributed by atoms with van der Waals surface area (Å²) >= 11 is 0. The number of ether oxygens (including phenoxy) is 1. The van der Waals surface area contributed by atoms with Crippen LogP contribution in [-0.4, -0.2) is 19.2 Å². The molecule has 0 saturated heterocycles. The van der Waals surface area contributed by atoms with Crippen molar-refractivity contribution >= 4 is 12.1 Å². The largest absolute Gasteiger partial charge is 0.497 e. The molecule has 0 atom stereocenters. The van der Waals surface area contributed by atoms with Gasteiger partial charge < -0.3 is 4.74 Å². The molecule has 0 saturated carbocycles. The summed E-state index contributed by atoms with van der Waals surface area (Å²) in [6.07, 6.45) is 22.2. The maximum Gasteiger partial charge on any atom is 0.240 e. The Morgan fingerprint density at radius 2 is 1.40 bits per heavy atom. The first-order valence-corrected chi connectivity index (χ1v) is 12.2. The number of methoxy groups -OCH3 is 1. The molecule has 0 unspecified atom stereocenters. The van der Waals surface area contributed by atoms with Gasteiger partial charge in [0.2, 0.25) is 5.91 Å². The predicted molar refractivity (Wildman–Crippen MR) is 128 cm³/mol. The number of carbonyl (C=O) groups is 1. The highest BCUT2D eigenvalue weighted by molar-refractivity contribution is 5.82. The Morgan fingerprint density at radius 1 is 0.867 bits per heavy atom. The van der Waals surface area contributed by atoms with Crippen molar-refractivity contribution in [2.45, 2.75) is 110 Å². The van der Waals surface area contributed by atoms with E-state index in [0.717, 1.165) is 24.2 Å². The summed E-state index contributed by atoms with van der Waals surface area (Å²) in [6, 6.07) is 7.58. The Labute approximate surface area is 184 Å².